The Kier molecular flexibility index (Phi) is 4.47. The van der Waals surface area contributed by atoms with Crippen LogP contribution >= 0.6 is 0 Å². The van der Waals surface area contributed by atoms with Crippen LogP contribution in [0.15, 0.2) is 30.3 Å². The summed E-state index contributed by atoms with van der Waals surface area (Å²) in [6.45, 7) is 0.856. The third-order valence-corrected chi connectivity index (χ3v) is 3.64. The van der Waals surface area contributed by atoms with Gasteiger partial charge in [-0.2, -0.15) is 0 Å². The topological polar surface area (TPSA) is 41.1 Å². The number of piperidine rings is 1. The zero-order chi connectivity index (χ0) is 13.7. The summed E-state index contributed by atoms with van der Waals surface area (Å²) >= 11 is 0. The number of nitrogens with one attached hydrogen (secondary N) is 2. The minimum Gasteiger partial charge on any atom is -0.350 e. The number of halogens is 2. The first kappa shape index (κ1) is 13.9. The van der Waals surface area contributed by atoms with E-state index in [1.54, 1.807) is 0 Å². The molecule has 0 spiro atoms. The van der Waals surface area contributed by atoms with Crippen molar-refractivity contribution in [1.82, 2.24) is 10.6 Å². The Hall–Kier alpha value is -1.49. The van der Waals surface area contributed by atoms with Gasteiger partial charge in [0, 0.05) is 0 Å². The lowest BCUT2D eigenvalue weighted by Gasteiger charge is -2.36. The first-order chi connectivity index (χ1) is 9.15. The van der Waals surface area contributed by atoms with Crippen molar-refractivity contribution >= 4 is 5.91 Å². The molecule has 0 atom stereocenters. The smallest absolute Gasteiger partial charge is 0.255 e. The molecule has 0 aromatic heterocycles. The molecule has 2 N–H and O–H groups in total. The molecule has 3 nitrogen and oxygen atoms in total. The maximum atomic E-state index is 12.4. The van der Waals surface area contributed by atoms with Crippen molar-refractivity contribution in [3.05, 3.63) is 35.9 Å². The van der Waals surface area contributed by atoms with Gasteiger partial charge in [0.2, 0.25) is 5.91 Å². The van der Waals surface area contributed by atoms with Crippen molar-refractivity contribution < 1.29 is 13.6 Å². The van der Waals surface area contributed by atoms with Crippen LogP contribution in [0.5, 0.6) is 0 Å². The van der Waals surface area contributed by atoms with E-state index in [-0.39, 0.29) is 5.91 Å². The van der Waals surface area contributed by atoms with Gasteiger partial charge in [-0.25, -0.2) is 8.78 Å². The van der Waals surface area contributed by atoms with Gasteiger partial charge in [0.05, 0.1) is 12.0 Å². The first-order valence-electron chi connectivity index (χ1n) is 6.48. The summed E-state index contributed by atoms with van der Waals surface area (Å²) in [4.78, 5) is 12.4. The van der Waals surface area contributed by atoms with Gasteiger partial charge < -0.3 is 10.6 Å². The van der Waals surface area contributed by atoms with Crippen molar-refractivity contribution in [3.8, 4) is 0 Å². The Morgan fingerprint density at radius 2 is 1.89 bits per heavy atom. The fraction of sp³-hybridized carbons (Fsp3) is 0.500. The van der Waals surface area contributed by atoms with Gasteiger partial charge in [0.25, 0.3) is 6.43 Å². The number of benzene rings is 1. The van der Waals surface area contributed by atoms with E-state index in [1.807, 2.05) is 30.3 Å². The van der Waals surface area contributed by atoms with Crippen LogP contribution in [-0.2, 0) is 10.2 Å². The minimum absolute atomic E-state index is 0.291. The highest BCUT2D eigenvalue weighted by atomic mass is 19.3. The van der Waals surface area contributed by atoms with Crippen molar-refractivity contribution in [2.75, 3.05) is 19.6 Å². The number of hydrogen-bond donors (Lipinski definition) is 2. The molecule has 1 aromatic rings. The fourth-order valence-electron chi connectivity index (χ4n) is 2.60. The zero-order valence-electron chi connectivity index (χ0n) is 10.7. The van der Waals surface area contributed by atoms with Gasteiger partial charge in [0.1, 0.15) is 0 Å². The SMILES string of the molecule is O=C(NCC(F)F)C1(c2ccccc2)CCNCC1. The molecular weight excluding hydrogens is 250 g/mol. The van der Waals surface area contributed by atoms with E-state index in [2.05, 4.69) is 10.6 Å². The molecule has 19 heavy (non-hydrogen) atoms. The van der Waals surface area contributed by atoms with E-state index in [0.29, 0.717) is 12.8 Å². The van der Waals surface area contributed by atoms with E-state index in [0.717, 1.165) is 18.7 Å². The summed E-state index contributed by atoms with van der Waals surface area (Å²) in [5, 5.41) is 5.58. The van der Waals surface area contributed by atoms with Crippen LogP contribution in [0.3, 0.4) is 0 Å². The van der Waals surface area contributed by atoms with Crippen molar-refractivity contribution in [3.63, 3.8) is 0 Å². The number of hydrogen-bond acceptors (Lipinski definition) is 2. The Bertz CT molecular complexity index is 417. The Morgan fingerprint density at radius 3 is 2.47 bits per heavy atom. The van der Waals surface area contributed by atoms with Crippen LogP contribution in [0, 0.1) is 0 Å². The Labute approximate surface area is 111 Å². The average molecular weight is 268 g/mol. The minimum atomic E-state index is -2.52. The van der Waals surface area contributed by atoms with Crippen LogP contribution in [0.2, 0.25) is 0 Å². The second-order valence-electron chi connectivity index (χ2n) is 4.80. The predicted octanol–water partition coefficient (Wildman–Crippen LogP) is 1.69. The molecule has 0 unspecified atom stereocenters. The van der Waals surface area contributed by atoms with Gasteiger partial charge in [-0.15, -0.1) is 0 Å². The summed E-state index contributed by atoms with van der Waals surface area (Å²) < 4.78 is 24.5. The van der Waals surface area contributed by atoms with Crippen molar-refractivity contribution in [2.24, 2.45) is 0 Å². The highest BCUT2D eigenvalue weighted by molar-refractivity contribution is 5.88. The molecule has 104 valence electrons. The molecule has 0 aliphatic carbocycles. The molecule has 2 rings (SSSR count). The van der Waals surface area contributed by atoms with Gasteiger partial charge in [-0.3, -0.25) is 4.79 Å². The summed E-state index contributed by atoms with van der Waals surface area (Å²) in [5.41, 5.74) is 0.227. The maximum Gasteiger partial charge on any atom is 0.255 e. The predicted molar refractivity (Wildman–Crippen MR) is 69.2 cm³/mol. The molecule has 0 saturated carbocycles. The highest BCUT2D eigenvalue weighted by Crippen LogP contribution is 2.33. The number of rotatable bonds is 4. The second kappa shape index (κ2) is 6.10. The number of alkyl halides is 2. The van der Waals surface area contributed by atoms with Gasteiger partial charge >= 0.3 is 0 Å². The van der Waals surface area contributed by atoms with E-state index in [4.69, 9.17) is 0 Å². The number of carbonyl (C=O) groups is 1. The van der Waals surface area contributed by atoms with Crippen molar-refractivity contribution in [2.45, 2.75) is 24.7 Å². The molecule has 0 radical (unpaired) electrons. The van der Waals surface area contributed by atoms with Gasteiger partial charge in [0.15, 0.2) is 0 Å². The molecule has 1 heterocycles. The van der Waals surface area contributed by atoms with E-state index >= 15 is 0 Å². The monoisotopic (exact) mass is 268 g/mol. The lowest BCUT2D eigenvalue weighted by atomic mass is 9.72. The molecule has 1 aliphatic heterocycles. The molecule has 1 aliphatic rings. The van der Waals surface area contributed by atoms with Crippen molar-refractivity contribution in [1.29, 1.82) is 0 Å². The quantitative estimate of drug-likeness (QED) is 0.872. The van der Waals surface area contributed by atoms with E-state index in [1.165, 1.54) is 0 Å². The number of carbonyl (C=O) groups excluding carboxylic acids is 1. The van der Waals surface area contributed by atoms with Crippen LogP contribution in [0.1, 0.15) is 18.4 Å². The number of amides is 1. The van der Waals surface area contributed by atoms with Crippen LogP contribution in [0.4, 0.5) is 8.78 Å². The molecule has 1 saturated heterocycles. The first-order valence-corrected chi connectivity index (χ1v) is 6.48. The zero-order valence-corrected chi connectivity index (χ0v) is 10.7. The van der Waals surface area contributed by atoms with Crippen LogP contribution < -0.4 is 10.6 Å². The normalized spacial score (nSPS) is 18.3. The lowest BCUT2D eigenvalue weighted by molar-refractivity contribution is -0.128. The Balaban J connectivity index is 2.22. The summed E-state index contributed by atoms with van der Waals surface area (Å²) in [5.74, 6) is -0.291. The van der Waals surface area contributed by atoms with Crippen LogP contribution in [0.25, 0.3) is 0 Å². The molecule has 5 heteroatoms. The van der Waals surface area contributed by atoms with E-state index < -0.39 is 18.4 Å². The van der Waals surface area contributed by atoms with E-state index in [9.17, 15) is 13.6 Å². The maximum absolute atomic E-state index is 12.4. The van der Waals surface area contributed by atoms with Gasteiger partial charge in [-0.1, -0.05) is 30.3 Å². The molecule has 0 bridgehead atoms. The summed E-state index contributed by atoms with van der Waals surface area (Å²) in [7, 11) is 0. The third kappa shape index (κ3) is 3.10. The lowest BCUT2D eigenvalue weighted by Crippen LogP contribution is -2.51. The van der Waals surface area contributed by atoms with Crippen LogP contribution in [-0.4, -0.2) is 32.0 Å². The van der Waals surface area contributed by atoms with Gasteiger partial charge in [-0.05, 0) is 31.5 Å². The summed E-state index contributed by atoms with van der Waals surface area (Å²) in [6.07, 6.45) is -1.25. The standard InChI is InChI=1S/C14H18F2N2O/c15-12(16)10-18-13(19)14(6-8-17-9-7-14)11-4-2-1-3-5-11/h1-5,12,17H,6-10H2,(H,18,19). The molecule has 1 amide bonds. The molecule has 1 fully saturated rings. The fourth-order valence-corrected chi connectivity index (χ4v) is 2.60. The summed E-state index contributed by atoms with van der Waals surface area (Å²) in [6, 6.07) is 9.43. The highest BCUT2D eigenvalue weighted by Gasteiger charge is 2.41. The third-order valence-electron chi connectivity index (χ3n) is 3.64. The Morgan fingerprint density at radius 1 is 1.26 bits per heavy atom. The largest absolute Gasteiger partial charge is 0.350 e. The average Bonchev–Trinajstić information content (AvgIpc) is 2.46. The molecular formula is C14H18F2N2O. The molecule has 1 aromatic carbocycles. The second-order valence-corrected chi connectivity index (χ2v) is 4.80.